The van der Waals surface area contributed by atoms with E-state index in [9.17, 15) is 31.1 Å². The average Bonchev–Trinajstić information content (AvgIpc) is 3.45. The third-order valence-corrected chi connectivity index (χ3v) is 4.63. The summed E-state index contributed by atoms with van der Waals surface area (Å²) in [7, 11) is 1.43. The predicted molar refractivity (Wildman–Crippen MR) is 86.0 cm³/mol. The zero-order valence-electron chi connectivity index (χ0n) is 14.4. The molecular weight excluding hydrogens is 390 g/mol. The molecule has 1 aliphatic carbocycles. The first-order chi connectivity index (χ1) is 13.0. The quantitative estimate of drug-likeness (QED) is 0.741. The second kappa shape index (κ2) is 6.68. The van der Waals surface area contributed by atoms with Gasteiger partial charge in [-0.2, -0.15) is 22.0 Å². The molecule has 0 radical (unpaired) electrons. The van der Waals surface area contributed by atoms with Crippen LogP contribution in [0.15, 0.2) is 36.5 Å². The number of aromatic nitrogens is 1. The first-order valence-electron chi connectivity index (χ1n) is 8.12. The summed E-state index contributed by atoms with van der Waals surface area (Å²) in [6.45, 7) is 0. The largest absolute Gasteiger partial charge is 0.454 e. The normalized spacial score (nSPS) is 15.8. The summed E-state index contributed by atoms with van der Waals surface area (Å²) in [5.74, 6) is -6.93. The number of carbonyl (C=O) groups is 1. The first-order valence-corrected chi connectivity index (χ1v) is 8.12. The van der Waals surface area contributed by atoms with E-state index in [0.717, 1.165) is 12.1 Å². The van der Waals surface area contributed by atoms with Gasteiger partial charge in [-0.1, -0.05) is 6.07 Å². The van der Waals surface area contributed by atoms with Crippen molar-refractivity contribution >= 4 is 5.91 Å². The monoisotopic (exact) mass is 404 g/mol. The summed E-state index contributed by atoms with van der Waals surface area (Å²) < 4.78 is 85.4. The van der Waals surface area contributed by atoms with E-state index in [0.29, 0.717) is 6.07 Å². The molecular formula is C18H14F6N2O2. The molecule has 1 aromatic heterocycles. The Morgan fingerprint density at radius 3 is 2.29 bits per heavy atom. The number of halogens is 6. The van der Waals surface area contributed by atoms with Gasteiger partial charge in [-0.3, -0.25) is 4.79 Å². The van der Waals surface area contributed by atoms with Gasteiger partial charge in [-0.25, -0.2) is 9.37 Å². The van der Waals surface area contributed by atoms with E-state index >= 15 is 0 Å². The van der Waals surface area contributed by atoms with Crippen molar-refractivity contribution in [2.24, 2.45) is 0 Å². The second-order valence-electron chi connectivity index (χ2n) is 6.37. The minimum absolute atomic E-state index is 0.0824. The van der Waals surface area contributed by atoms with Crippen LogP contribution in [0.1, 0.15) is 28.8 Å². The van der Waals surface area contributed by atoms with Crippen molar-refractivity contribution in [2.75, 3.05) is 7.05 Å². The van der Waals surface area contributed by atoms with Gasteiger partial charge in [0, 0.05) is 19.3 Å². The molecule has 28 heavy (non-hydrogen) atoms. The van der Waals surface area contributed by atoms with Crippen molar-refractivity contribution in [3.05, 3.63) is 53.5 Å². The maximum atomic E-state index is 14.3. The second-order valence-corrected chi connectivity index (χ2v) is 6.37. The first kappa shape index (κ1) is 20.0. The molecule has 2 aromatic rings. The van der Waals surface area contributed by atoms with Gasteiger partial charge < -0.3 is 10.1 Å². The highest BCUT2D eigenvalue weighted by molar-refractivity contribution is 5.93. The maximum Gasteiger partial charge on any atom is 0.454 e. The Kier molecular flexibility index (Phi) is 4.76. The highest BCUT2D eigenvalue weighted by Gasteiger charge is 2.75. The Morgan fingerprint density at radius 1 is 1.14 bits per heavy atom. The lowest BCUT2D eigenvalue weighted by Crippen LogP contribution is -2.47. The molecule has 0 aliphatic heterocycles. The number of pyridine rings is 1. The third kappa shape index (κ3) is 3.27. The number of nitrogens with zero attached hydrogens (tertiary/aromatic N) is 1. The van der Waals surface area contributed by atoms with Gasteiger partial charge in [-0.05, 0) is 36.6 Å². The maximum absolute atomic E-state index is 14.3. The minimum Gasteiger partial charge on any atom is -0.436 e. The molecule has 0 bridgehead atoms. The Balaban J connectivity index is 1.83. The van der Waals surface area contributed by atoms with Crippen LogP contribution in [0.3, 0.4) is 0 Å². The molecule has 0 spiro atoms. The number of rotatable bonds is 5. The molecule has 1 aliphatic rings. The van der Waals surface area contributed by atoms with Crippen molar-refractivity contribution in [1.82, 2.24) is 10.3 Å². The molecule has 0 unspecified atom stereocenters. The standard InChI is InChI=1S/C18H14F6N2O2/c1-25-15(27)10-2-5-14(26-9-10)28-13-4-3-11(8-12(13)19)16(6-7-16)17(20,21)18(22,23)24/h2-5,8-9H,6-7H2,1H3,(H,25,27). The van der Waals surface area contributed by atoms with E-state index in [1.54, 1.807) is 0 Å². The van der Waals surface area contributed by atoms with Crippen LogP contribution in [-0.4, -0.2) is 30.0 Å². The zero-order valence-corrected chi connectivity index (χ0v) is 14.4. The van der Waals surface area contributed by atoms with Gasteiger partial charge in [0.15, 0.2) is 11.6 Å². The highest BCUT2D eigenvalue weighted by atomic mass is 19.4. The summed E-state index contributed by atoms with van der Waals surface area (Å²) in [5, 5.41) is 2.39. The Bertz CT molecular complexity index is 892. The lowest BCUT2D eigenvalue weighted by molar-refractivity contribution is -0.296. The summed E-state index contributed by atoms with van der Waals surface area (Å²) in [6, 6.07) is 5.25. The van der Waals surface area contributed by atoms with Crippen LogP contribution in [0.25, 0.3) is 0 Å². The molecule has 0 atom stereocenters. The van der Waals surface area contributed by atoms with Gasteiger partial charge in [0.05, 0.1) is 11.0 Å². The number of amides is 1. The molecule has 1 amide bonds. The van der Waals surface area contributed by atoms with Crippen molar-refractivity contribution in [3.8, 4) is 11.6 Å². The summed E-state index contributed by atoms with van der Waals surface area (Å²) in [4.78, 5) is 15.3. The van der Waals surface area contributed by atoms with Crippen LogP contribution in [0.5, 0.6) is 11.6 Å². The smallest absolute Gasteiger partial charge is 0.436 e. The van der Waals surface area contributed by atoms with Gasteiger partial charge in [0.25, 0.3) is 5.91 Å². The molecule has 1 N–H and O–H groups in total. The number of ether oxygens (including phenoxy) is 1. The Hall–Kier alpha value is -2.78. The summed E-state index contributed by atoms with van der Waals surface area (Å²) in [6.07, 6.45) is -5.35. The van der Waals surface area contributed by atoms with Crippen molar-refractivity contribution in [3.63, 3.8) is 0 Å². The van der Waals surface area contributed by atoms with E-state index in [4.69, 9.17) is 4.74 Å². The van der Waals surface area contributed by atoms with Crippen LogP contribution >= 0.6 is 0 Å². The third-order valence-electron chi connectivity index (χ3n) is 4.63. The number of alkyl halides is 5. The lowest BCUT2D eigenvalue weighted by Gasteiger charge is -2.29. The number of benzene rings is 1. The fourth-order valence-corrected chi connectivity index (χ4v) is 2.89. The highest BCUT2D eigenvalue weighted by Crippen LogP contribution is 2.63. The van der Waals surface area contributed by atoms with E-state index in [1.807, 2.05) is 0 Å². The van der Waals surface area contributed by atoms with Gasteiger partial charge >= 0.3 is 12.1 Å². The van der Waals surface area contributed by atoms with Crippen LogP contribution < -0.4 is 10.1 Å². The number of hydrogen-bond acceptors (Lipinski definition) is 3. The van der Waals surface area contributed by atoms with Crippen molar-refractivity contribution < 1.29 is 35.9 Å². The lowest BCUT2D eigenvalue weighted by atomic mass is 9.88. The van der Waals surface area contributed by atoms with Crippen LogP contribution in [0.4, 0.5) is 26.3 Å². The molecule has 1 fully saturated rings. The zero-order chi connectivity index (χ0) is 20.7. The summed E-state index contributed by atoms with van der Waals surface area (Å²) in [5.41, 5.74) is -2.67. The van der Waals surface area contributed by atoms with Gasteiger partial charge in [-0.15, -0.1) is 0 Å². The van der Waals surface area contributed by atoms with Crippen LogP contribution in [-0.2, 0) is 5.41 Å². The molecule has 10 heteroatoms. The molecule has 150 valence electrons. The number of carbonyl (C=O) groups excluding carboxylic acids is 1. The topological polar surface area (TPSA) is 51.2 Å². The van der Waals surface area contributed by atoms with E-state index in [1.165, 1.54) is 25.4 Å². The van der Waals surface area contributed by atoms with Crippen LogP contribution in [0.2, 0.25) is 0 Å². The Morgan fingerprint density at radius 2 is 1.82 bits per heavy atom. The predicted octanol–water partition coefficient (Wildman–Crippen LogP) is 4.60. The van der Waals surface area contributed by atoms with Crippen LogP contribution in [0, 0.1) is 5.82 Å². The van der Waals surface area contributed by atoms with Crippen molar-refractivity contribution in [1.29, 1.82) is 0 Å². The molecule has 1 heterocycles. The summed E-state index contributed by atoms with van der Waals surface area (Å²) >= 11 is 0. The van der Waals surface area contributed by atoms with E-state index in [2.05, 4.69) is 10.3 Å². The molecule has 1 saturated carbocycles. The molecule has 1 aromatic carbocycles. The molecule has 4 nitrogen and oxygen atoms in total. The van der Waals surface area contributed by atoms with E-state index < -0.39 is 53.4 Å². The SMILES string of the molecule is CNC(=O)c1ccc(Oc2ccc(C3(C(F)(F)C(F)(F)F)CC3)cc2F)nc1. The number of nitrogens with one attached hydrogen (secondary N) is 1. The molecule has 0 saturated heterocycles. The molecule has 3 rings (SSSR count). The fraction of sp³-hybridized carbons (Fsp3) is 0.333. The number of hydrogen-bond donors (Lipinski definition) is 1. The van der Waals surface area contributed by atoms with Gasteiger partial charge in [0.2, 0.25) is 5.88 Å². The fourth-order valence-electron chi connectivity index (χ4n) is 2.89. The Labute approximate surface area is 155 Å². The van der Waals surface area contributed by atoms with Crippen molar-refractivity contribution in [2.45, 2.75) is 30.4 Å². The average molecular weight is 404 g/mol. The van der Waals surface area contributed by atoms with Gasteiger partial charge in [0.1, 0.15) is 0 Å². The minimum atomic E-state index is -5.73. The van der Waals surface area contributed by atoms with E-state index in [-0.39, 0.29) is 11.4 Å².